The van der Waals surface area contributed by atoms with E-state index in [-0.39, 0.29) is 43.0 Å². The summed E-state index contributed by atoms with van der Waals surface area (Å²) in [6.07, 6.45) is 1.23. The summed E-state index contributed by atoms with van der Waals surface area (Å²) in [5, 5.41) is 11.5. The molecule has 3 fully saturated rings. The van der Waals surface area contributed by atoms with Crippen LogP contribution < -0.4 is 0 Å². The average molecular weight is 336 g/mol. The number of hydrogen-bond donors (Lipinski definition) is 1. The van der Waals surface area contributed by atoms with E-state index in [1.807, 2.05) is 0 Å². The lowest BCUT2D eigenvalue weighted by Gasteiger charge is -2.44. The highest BCUT2D eigenvalue weighted by molar-refractivity contribution is 5.94. The standard InChI is InChI=1S/C18H24O6/c1-4-14(20)23-9-11-5-6-12-10(2)16(21)24-15(12)17(3)13(19)7-8-18(11,17)22/h11-12,15,22H,2,4-9H2,1,3H3/t11-,12+,15-,17+,18-/m1/s1. The van der Waals surface area contributed by atoms with Gasteiger partial charge in [-0.05, 0) is 26.2 Å². The summed E-state index contributed by atoms with van der Waals surface area (Å²) in [7, 11) is 0. The molecule has 0 spiro atoms. The maximum atomic E-state index is 12.7. The zero-order valence-electron chi connectivity index (χ0n) is 14.2. The van der Waals surface area contributed by atoms with Gasteiger partial charge in [-0.2, -0.15) is 0 Å². The van der Waals surface area contributed by atoms with Crippen LogP contribution in [0.15, 0.2) is 12.2 Å². The van der Waals surface area contributed by atoms with E-state index >= 15 is 0 Å². The minimum absolute atomic E-state index is 0.0753. The smallest absolute Gasteiger partial charge is 0.334 e. The van der Waals surface area contributed by atoms with E-state index in [1.54, 1.807) is 13.8 Å². The first-order valence-corrected chi connectivity index (χ1v) is 8.56. The molecule has 6 heteroatoms. The Hall–Kier alpha value is -1.69. The number of aliphatic hydroxyl groups is 1. The number of rotatable bonds is 3. The van der Waals surface area contributed by atoms with Crippen molar-refractivity contribution in [2.75, 3.05) is 6.61 Å². The van der Waals surface area contributed by atoms with Gasteiger partial charge in [0.1, 0.15) is 11.9 Å². The van der Waals surface area contributed by atoms with Gasteiger partial charge in [-0.25, -0.2) is 4.79 Å². The highest BCUT2D eigenvalue weighted by Crippen LogP contribution is 2.58. The Labute approximate surface area is 141 Å². The monoisotopic (exact) mass is 336 g/mol. The summed E-state index contributed by atoms with van der Waals surface area (Å²) in [5.74, 6) is -1.55. The van der Waals surface area contributed by atoms with E-state index in [0.717, 1.165) is 0 Å². The highest BCUT2D eigenvalue weighted by atomic mass is 16.6. The van der Waals surface area contributed by atoms with Gasteiger partial charge < -0.3 is 14.6 Å². The lowest BCUT2D eigenvalue weighted by Crippen LogP contribution is -2.57. The van der Waals surface area contributed by atoms with Crippen LogP contribution in [0.25, 0.3) is 0 Å². The summed E-state index contributed by atoms with van der Waals surface area (Å²) >= 11 is 0. The molecule has 1 aliphatic heterocycles. The van der Waals surface area contributed by atoms with Crippen molar-refractivity contribution >= 4 is 17.7 Å². The van der Waals surface area contributed by atoms with Crippen molar-refractivity contribution in [3.8, 4) is 0 Å². The molecule has 1 N–H and O–H groups in total. The molecule has 0 unspecified atom stereocenters. The third kappa shape index (κ3) is 2.15. The molecule has 6 nitrogen and oxygen atoms in total. The first kappa shape index (κ1) is 17.1. The van der Waals surface area contributed by atoms with Crippen LogP contribution in [0.3, 0.4) is 0 Å². The molecule has 1 heterocycles. The predicted molar refractivity (Wildman–Crippen MR) is 83.8 cm³/mol. The molecule has 3 aliphatic rings. The number of carbonyl (C=O) groups is 3. The Balaban J connectivity index is 1.97. The molecule has 3 rings (SSSR count). The van der Waals surface area contributed by atoms with E-state index in [2.05, 4.69) is 6.58 Å². The first-order chi connectivity index (χ1) is 11.3. The molecule has 0 radical (unpaired) electrons. The first-order valence-electron chi connectivity index (χ1n) is 8.56. The van der Waals surface area contributed by atoms with Crippen molar-refractivity contribution in [2.24, 2.45) is 17.3 Å². The van der Waals surface area contributed by atoms with Crippen molar-refractivity contribution in [1.82, 2.24) is 0 Å². The Kier molecular flexibility index (Phi) is 4.06. The Morgan fingerprint density at radius 1 is 1.42 bits per heavy atom. The second-order valence-corrected chi connectivity index (χ2v) is 7.32. The maximum Gasteiger partial charge on any atom is 0.334 e. The molecule has 132 valence electrons. The number of esters is 2. The van der Waals surface area contributed by atoms with Gasteiger partial charge in [0.05, 0.1) is 17.6 Å². The van der Waals surface area contributed by atoms with Crippen LogP contribution >= 0.6 is 0 Å². The number of hydrogen-bond acceptors (Lipinski definition) is 6. The Morgan fingerprint density at radius 2 is 2.12 bits per heavy atom. The largest absolute Gasteiger partial charge is 0.465 e. The molecule has 2 aliphatic carbocycles. The number of carbonyl (C=O) groups excluding carboxylic acids is 3. The van der Waals surface area contributed by atoms with Crippen LogP contribution in [0.1, 0.15) is 46.0 Å². The van der Waals surface area contributed by atoms with Gasteiger partial charge in [-0.15, -0.1) is 0 Å². The van der Waals surface area contributed by atoms with Crippen LogP contribution in [0.2, 0.25) is 0 Å². The van der Waals surface area contributed by atoms with Crippen LogP contribution in [-0.4, -0.2) is 41.1 Å². The van der Waals surface area contributed by atoms with Crippen molar-refractivity contribution in [2.45, 2.75) is 57.7 Å². The minimum Gasteiger partial charge on any atom is -0.465 e. The van der Waals surface area contributed by atoms with Crippen molar-refractivity contribution in [3.63, 3.8) is 0 Å². The van der Waals surface area contributed by atoms with Crippen LogP contribution in [-0.2, 0) is 23.9 Å². The van der Waals surface area contributed by atoms with Gasteiger partial charge in [0.25, 0.3) is 0 Å². The summed E-state index contributed by atoms with van der Waals surface area (Å²) in [4.78, 5) is 36.2. The molecule has 5 atom stereocenters. The molecule has 0 aromatic heterocycles. The Morgan fingerprint density at radius 3 is 2.79 bits per heavy atom. The fraction of sp³-hybridized carbons (Fsp3) is 0.722. The molecular weight excluding hydrogens is 312 g/mol. The summed E-state index contributed by atoms with van der Waals surface area (Å²) in [6.45, 7) is 7.29. The number of ketones is 1. The number of fused-ring (bicyclic) bond motifs is 3. The van der Waals surface area contributed by atoms with Gasteiger partial charge in [0, 0.05) is 30.3 Å². The van der Waals surface area contributed by atoms with Gasteiger partial charge in [-0.1, -0.05) is 13.5 Å². The molecule has 1 saturated heterocycles. The molecule has 2 saturated carbocycles. The fourth-order valence-electron chi connectivity index (χ4n) is 4.69. The fourth-order valence-corrected chi connectivity index (χ4v) is 4.69. The molecule has 0 aromatic rings. The SMILES string of the molecule is C=C1C(=O)O[C@@H]2[C@H]1CC[C@H](COC(=O)CC)[C@]1(O)CCC(=O)[C@@]21C. The minimum atomic E-state index is -1.34. The molecular formula is C18H24O6. The number of ether oxygens (including phenoxy) is 2. The zero-order valence-corrected chi connectivity index (χ0v) is 14.2. The summed E-state index contributed by atoms with van der Waals surface area (Å²) < 4.78 is 10.7. The number of Topliss-reactive ketones (excluding diaryl/α,β-unsaturated/α-hetero) is 1. The van der Waals surface area contributed by atoms with E-state index < -0.39 is 23.1 Å². The molecule has 24 heavy (non-hydrogen) atoms. The highest BCUT2D eigenvalue weighted by Gasteiger charge is 2.69. The van der Waals surface area contributed by atoms with Gasteiger partial charge in [0.15, 0.2) is 0 Å². The second-order valence-electron chi connectivity index (χ2n) is 7.32. The third-order valence-electron chi connectivity index (χ3n) is 6.33. The van der Waals surface area contributed by atoms with E-state index in [0.29, 0.717) is 24.8 Å². The van der Waals surface area contributed by atoms with Crippen LogP contribution in [0.4, 0.5) is 0 Å². The van der Waals surface area contributed by atoms with Gasteiger partial charge >= 0.3 is 11.9 Å². The quantitative estimate of drug-likeness (QED) is 0.621. The lowest BCUT2D eigenvalue weighted by molar-refractivity contribution is -0.177. The molecule has 0 bridgehead atoms. The van der Waals surface area contributed by atoms with E-state index in [9.17, 15) is 19.5 Å². The van der Waals surface area contributed by atoms with Gasteiger partial charge in [0.2, 0.25) is 0 Å². The van der Waals surface area contributed by atoms with Crippen molar-refractivity contribution in [1.29, 1.82) is 0 Å². The normalized spacial score (nSPS) is 41.5. The third-order valence-corrected chi connectivity index (χ3v) is 6.33. The predicted octanol–water partition coefficient (Wildman–Crippen LogP) is 1.55. The van der Waals surface area contributed by atoms with Crippen LogP contribution in [0, 0.1) is 17.3 Å². The maximum absolute atomic E-state index is 12.7. The van der Waals surface area contributed by atoms with Crippen LogP contribution in [0.5, 0.6) is 0 Å². The molecule has 0 amide bonds. The van der Waals surface area contributed by atoms with E-state index in [1.165, 1.54) is 0 Å². The average Bonchev–Trinajstić information content (AvgIpc) is 2.94. The molecule has 0 aromatic carbocycles. The Bertz CT molecular complexity index is 611. The van der Waals surface area contributed by atoms with E-state index in [4.69, 9.17) is 9.47 Å². The second kappa shape index (κ2) is 5.69. The topological polar surface area (TPSA) is 89.9 Å². The lowest BCUT2D eigenvalue weighted by atomic mass is 9.65. The summed E-state index contributed by atoms with van der Waals surface area (Å²) in [5.41, 5.74) is -2.16. The van der Waals surface area contributed by atoms with Crippen molar-refractivity contribution in [3.05, 3.63) is 12.2 Å². The van der Waals surface area contributed by atoms with Gasteiger partial charge in [-0.3, -0.25) is 9.59 Å². The zero-order chi connectivity index (χ0) is 17.7. The van der Waals surface area contributed by atoms with Crippen molar-refractivity contribution < 1.29 is 29.0 Å². The summed E-state index contributed by atoms with van der Waals surface area (Å²) in [6, 6.07) is 0.